The lowest BCUT2D eigenvalue weighted by atomic mass is 10.3. The van der Waals surface area contributed by atoms with E-state index >= 15 is 0 Å². The Morgan fingerprint density at radius 2 is 1.71 bits per heavy atom. The molecular formula is C17H13NO2S. The first-order chi connectivity index (χ1) is 10.3. The van der Waals surface area contributed by atoms with Crippen molar-refractivity contribution in [3.05, 3.63) is 77.0 Å². The summed E-state index contributed by atoms with van der Waals surface area (Å²) in [5.74, 6) is 1.34. The Labute approximate surface area is 126 Å². The van der Waals surface area contributed by atoms with E-state index in [9.17, 15) is 4.79 Å². The van der Waals surface area contributed by atoms with Crippen molar-refractivity contribution in [1.29, 1.82) is 0 Å². The van der Waals surface area contributed by atoms with Gasteiger partial charge in [0.25, 0.3) is 5.91 Å². The summed E-state index contributed by atoms with van der Waals surface area (Å²) in [4.78, 5) is 12.7. The number of ether oxygens (including phenoxy) is 1. The van der Waals surface area contributed by atoms with E-state index < -0.39 is 0 Å². The molecule has 0 aliphatic heterocycles. The fourth-order valence-corrected chi connectivity index (χ4v) is 2.48. The van der Waals surface area contributed by atoms with Gasteiger partial charge in [0.2, 0.25) is 0 Å². The van der Waals surface area contributed by atoms with Crippen molar-refractivity contribution < 1.29 is 9.53 Å². The Balaban J connectivity index is 1.73. The minimum atomic E-state index is -0.109. The van der Waals surface area contributed by atoms with E-state index in [0.717, 1.165) is 5.75 Å². The van der Waals surface area contributed by atoms with Gasteiger partial charge in [0.15, 0.2) is 0 Å². The molecule has 0 aliphatic carbocycles. The third-order valence-corrected chi connectivity index (χ3v) is 3.68. The van der Waals surface area contributed by atoms with E-state index in [2.05, 4.69) is 5.32 Å². The van der Waals surface area contributed by atoms with Gasteiger partial charge in [-0.2, -0.15) is 0 Å². The summed E-state index contributed by atoms with van der Waals surface area (Å²) in [5.41, 5.74) is 0.710. The topological polar surface area (TPSA) is 38.3 Å². The van der Waals surface area contributed by atoms with Crippen molar-refractivity contribution >= 4 is 22.9 Å². The van der Waals surface area contributed by atoms with Crippen LogP contribution in [0.15, 0.2) is 72.1 Å². The molecule has 21 heavy (non-hydrogen) atoms. The van der Waals surface area contributed by atoms with Gasteiger partial charge < -0.3 is 10.1 Å². The molecule has 0 saturated carbocycles. The second-order valence-electron chi connectivity index (χ2n) is 4.37. The van der Waals surface area contributed by atoms with Gasteiger partial charge in [0, 0.05) is 11.8 Å². The smallest absolute Gasteiger partial charge is 0.265 e. The number of hydrogen-bond acceptors (Lipinski definition) is 3. The monoisotopic (exact) mass is 295 g/mol. The highest BCUT2D eigenvalue weighted by Crippen LogP contribution is 2.24. The predicted octanol–water partition coefficient (Wildman–Crippen LogP) is 4.79. The fourth-order valence-electron chi connectivity index (χ4n) is 1.86. The van der Waals surface area contributed by atoms with Crippen LogP contribution in [-0.2, 0) is 0 Å². The second kappa shape index (κ2) is 6.24. The molecule has 0 atom stereocenters. The van der Waals surface area contributed by atoms with Crippen molar-refractivity contribution in [2.24, 2.45) is 0 Å². The molecule has 4 heteroatoms. The van der Waals surface area contributed by atoms with Gasteiger partial charge in [0.05, 0.1) is 4.88 Å². The van der Waals surface area contributed by atoms with Gasteiger partial charge in [-0.15, -0.1) is 11.3 Å². The number of thiophene rings is 1. The number of rotatable bonds is 4. The molecule has 2 aromatic carbocycles. The first kappa shape index (κ1) is 13.4. The Kier molecular flexibility index (Phi) is 3.98. The molecule has 0 fully saturated rings. The quantitative estimate of drug-likeness (QED) is 0.751. The molecule has 0 aliphatic rings. The molecule has 1 heterocycles. The lowest BCUT2D eigenvalue weighted by Gasteiger charge is -2.08. The third kappa shape index (κ3) is 3.49. The van der Waals surface area contributed by atoms with Gasteiger partial charge >= 0.3 is 0 Å². The van der Waals surface area contributed by atoms with Crippen LogP contribution in [0.1, 0.15) is 9.67 Å². The minimum absolute atomic E-state index is 0.109. The number of carbonyl (C=O) groups is 1. The van der Waals surface area contributed by atoms with E-state index in [1.54, 1.807) is 12.1 Å². The zero-order valence-corrected chi connectivity index (χ0v) is 12.0. The fraction of sp³-hybridized carbons (Fsp3) is 0. The van der Waals surface area contributed by atoms with E-state index in [1.807, 2.05) is 60.0 Å². The third-order valence-electron chi connectivity index (χ3n) is 2.82. The molecule has 1 aromatic heterocycles. The maximum absolute atomic E-state index is 12.0. The first-order valence-corrected chi connectivity index (χ1v) is 7.37. The van der Waals surface area contributed by atoms with Crippen molar-refractivity contribution in [2.45, 2.75) is 0 Å². The molecule has 0 bridgehead atoms. The molecule has 0 radical (unpaired) electrons. The SMILES string of the molecule is O=C(Nc1cccc(Oc2ccccc2)c1)c1cccs1. The lowest BCUT2D eigenvalue weighted by Crippen LogP contribution is -2.09. The molecule has 3 aromatic rings. The van der Waals surface area contributed by atoms with Crippen LogP contribution in [0.2, 0.25) is 0 Å². The number of anilines is 1. The van der Waals surface area contributed by atoms with E-state index in [0.29, 0.717) is 16.3 Å². The van der Waals surface area contributed by atoms with Crippen LogP contribution in [0.3, 0.4) is 0 Å². The number of nitrogens with one attached hydrogen (secondary N) is 1. The maximum Gasteiger partial charge on any atom is 0.265 e. The zero-order valence-electron chi connectivity index (χ0n) is 11.2. The molecule has 0 unspecified atom stereocenters. The van der Waals surface area contributed by atoms with Gasteiger partial charge in [-0.3, -0.25) is 4.79 Å². The van der Waals surface area contributed by atoms with Crippen molar-refractivity contribution in [3.8, 4) is 11.5 Å². The van der Waals surface area contributed by atoms with Crippen LogP contribution in [0.5, 0.6) is 11.5 Å². The highest BCUT2D eigenvalue weighted by molar-refractivity contribution is 7.12. The molecule has 0 spiro atoms. The summed E-state index contributed by atoms with van der Waals surface area (Å²) in [7, 11) is 0. The maximum atomic E-state index is 12.0. The van der Waals surface area contributed by atoms with Crippen LogP contribution < -0.4 is 10.1 Å². The zero-order chi connectivity index (χ0) is 14.5. The summed E-state index contributed by atoms with van der Waals surface area (Å²) in [6.07, 6.45) is 0. The van der Waals surface area contributed by atoms with Crippen molar-refractivity contribution in [2.75, 3.05) is 5.32 Å². The van der Waals surface area contributed by atoms with Gasteiger partial charge in [0.1, 0.15) is 11.5 Å². The molecule has 3 rings (SSSR count). The van der Waals surface area contributed by atoms with E-state index in [-0.39, 0.29) is 5.91 Å². The highest BCUT2D eigenvalue weighted by Gasteiger charge is 2.07. The average molecular weight is 295 g/mol. The van der Waals surface area contributed by atoms with Crippen molar-refractivity contribution in [1.82, 2.24) is 0 Å². The van der Waals surface area contributed by atoms with E-state index in [1.165, 1.54) is 11.3 Å². The van der Waals surface area contributed by atoms with E-state index in [4.69, 9.17) is 4.74 Å². The van der Waals surface area contributed by atoms with Crippen LogP contribution in [0.25, 0.3) is 0 Å². The van der Waals surface area contributed by atoms with Crippen molar-refractivity contribution in [3.63, 3.8) is 0 Å². The van der Waals surface area contributed by atoms with Crippen LogP contribution >= 0.6 is 11.3 Å². The number of carbonyl (C=O) groups excluding carboxylic acids is 1. The van der Waals surface area contributed by atoms with Gasteiger partial charge in [-0.05, 0) is 35.7 Å². The van der Waals surface area contributed by atoms with Crippen LogP contribution in [0, 0.1) is 0 Å². The number of amides is 1. The second-order valence-corrected chi connectivity index (χ2v) is 5.32. The minimum Gasteiger partial charge on any atom is -0.457 e. The lowest BCUT2D eigenvalue weighted by molar-refractivity contribution is 0.103. The molecule has 1 N–H and O–H groups in total. The molecular weight excluding hydrogens is 282 g/mol. The summed E-state index contributed by atoms with van der Waals surface area (Å²) in [5, 5.41) is 4.74. The van der Waals surface area contributed by atoms with Crippen LogP contribution in [-0.4, -0.2) is 5.91 Å². The summed E-state index contributed by atoms with van der Waals surface area (Å²) in [6, 6.07) is 20.5. The number of hydrogen-bond donors (Lipinski definition) is 1. The first-order valence-electron chi connectivity index (χ1n) is 6.49. The molecule has 104 valence electrons. The molecule has 1 amide bonds. The normalized spacial score (nSPS) is 10.1. The summed E-state index contributed by atoms with van der Waals surface area (Å²) < 4.78 is 5.74. The van der Waals surface area contributed by atoms with Gasteiger partial charge in [-0.25, -0.2) is 0 Å². The Bertz CT molecular complexity index is 724. The van der Waals surface area contributed by atoms with Crippen LogP contribution in [0.4, 0.5) is 5.69 Å². The summed E-state index contributed by atoms with van der Waals surface area (Å²) >= 11 is 1.41. The predicted molar refractivity (Wildman–Crippen MR) is 85.2 cm³/mol. The Morgan fingerprint density at radius 3 is 2.48 bits per heavy atom. The summed E-state index contributed by atoms with van der Waals surface area (Å²) in [6.45, 7) is 0. The molecule has 0 saturated heterocycles. The standard InChI is InChI=1S/C17H13NO2S/c19-17(16-10-5-11-21-16)18-13-6-4-9-15(12-13)20-14-7-2-1-3-8-14/h1-12H,(H,18,19). The van der Waals surface area contributed by atoms with Gasteiger partial charge in [-0.1, -0.05) is 30.3 Å². The Morgan fingerprint density at radius 1 is 0.905 bits per heavy atom. The number of para-hydroxylation sites is 1. The average Bonchev–Trinajstić information content (AvgIpc) is 3.03. The Hall–Kier alpha value is -2.59. The largest absolute Gasteiger partial charge is 0.457 e. The highest BCUT2D eigenvalue weighted by atomic mass is 32.1. The number of benzene rings is 2. The molecule has 3 nitrogen and oxygen atoms in total.